The van der Waals surface area contributed by atoms with Gasteiger partial charge in [0.15, 0.2) is 0 Å². The molecule has 0 spiro atoms. The predicted molar refractivity (Wildman–Crippen MR) is 60.9 cm³/mol. The minimum atomic E-state index is -0.0501. The van der Waals surface area contributed by atoms with Crippen LogP contribution in [0.4, 0.5) is 0 Å². The van der Waals surface area contributed by atoms with E-state index in [1.165, 1.54) is 17.5 Å². The van der Waals surface area contributed by atoms with E-state index in [1.807, 2.05) is 6.92 Å². The number of hydrogen-bond acceptors (Lipinski definition) is 1. The molecule has 0 atom stereocenters. The number of hydrogen-bond donors (Lipinski definition) is 1. The summed E-state index contributed by atoms with van der Waals surface area (Å²) in [5, 5.41) is 0. The molecule has 1 aromatic carbocycles. The van der Waals surface area contributed by atoms with Crippen LogP contribution in [0.25, 0.3) is 5.57 Å². The Morgan fingerprint density at radius 3 is 2.64 bits per heavy atom. The van der Waals surface area contributed by atoms with Gasteiger partial charge in [-0.15, -0.1) is 0 Å². The Morgan fingerprint density at radius 1 is 1.43 bits per heavy atom. The summed E-state index contributed by atoms with van der Waals surface area (Å²) < 4.78 is 0. The molecule has 0 aliphatic heterocycles. The average Bonchev–Trinajstić information content (AvgIpc) is 2.14. The van der Waals surface area contributed by atoms with Crippen molar-refractivity contribution >= 4 is 5.57 Å². The maximum atomic E-state index is 6.26. The summed E-state index contributed by atoms with van der Waals surface area (Å²) in [5.41, 5.74) is 9.80. The quantitative estimate of drug-likeness (QED) is 0.756. The van der Waals surface area contributed by atoms with E-state index in [0.29, 0.717) is 0 Å². The lowest BCUT2D eigenvalue weighted by atomic mass is 9.72. The summed E-state index contributed by atoms with van der Waals surface area (Å²) in [6.45, 7) is 5.98. The van der Waals surface area contributed by atoms with Crippen molar-refractivity contribution < 1.29 is 0 Å². The van der Waals surface area contributed by atoms with Crippen molar-refractivity contribution in [2.45, 2.75) is 31.7 Å². The topological polar surface area (TPSA) is 26.0 Å². The smallest absolute Gasteiger partial charge is 0.0409 e. The van der Waals surface area contributed by atoms with Gasteiger partial charge in [-0.2, -0.15) is 0 Å². The Kier molecular flexibility index (Phi) is 2.20. The van der Waals surface area contributed by atoms with Crippen molar-refractivity contribution in [3.63, 3.8) is 0 Å². The summed E-state index contributed by atoms with van der Waals surface area (Å²) >= 11 is 0. The summed E-state index contributed by atoms with van der Waals surface area (Å²) in [6, 6.07) is 8.48. The highest BCUT2D eigenvalue weighted by Crippen LogP contribution is 2.39. The van der Waals surface area contributed by atoms with Gasteiger partial charge in [0.2, 0.25) is 0 Å². The SMILES string of the molecule is C=C(C)c1cccc(C2(N)CCC2)c1. The summed E-state index contributed by atoms with van der Waals surface area (Å²) in [4.78, 5) is 0. The third-order valence-corrected chi connectivity index (χ3v) is 3.18. The van der Waals surface area contributed by atoms with Crippen molar-refractivity contribution in [2.24, 2.45) is 5.73 Å². The fraction of sp³-hybridized carbons (Fsp3) is 0.385. The molecule has 14 heavy (non-hydrogen) atoms. The van der Waals surface area contributed by atoms with Crippen molar-refractivity contribution in [1.82, 2.24) is 0 Å². The Balaban J connectivity index is 2.35. The zero-order valence-electron chi connectivity index (χ0n) is 8.72. The number of rotatable bonds is 2. The molecule has 0 bridgehead atoms. The Morgan fingerprint density at radius 2 is 2.14 bits per heavy atom. The molecule has 0 saturated heterocycles. The lowest BCUT2D eigenvalue weighted by Gasteiger charge is -2.38. The number of nitrogens with two attached hydrogens (primary N) is 1. The molecule has 0 amide bonds. The molecule has 1 heteroatoms. The van der Waals surface area contributed by atoms with Gasteiger partial charge >= 0.3 is 0 Å². The molecule has 1 aliphatic rings. The molecule has 74 valence electrons. The van der Waals surface area contributed by atoms with Gasteiger partial charge in [0.1, 0.15) is 0 Å². The van der Waals surface area contributed by atoms with Crippen molar-refractivity contribution in [3.05, 3.63) is 42.0 Å². The largest absolute Gasteiger partial charge is 0.321 e. The molecule has 1 saturated carbocycles. The molecule has 2 N–H and O–H groups in total. The van der Waals surface area contributed by atoms with Gasteiger partial charge < -0.3 is 5.73 Å². The van der Waals surface area contributed by atoms with Crippen LogP contribution in [0.15, 0.2) is 30.8 Å². The van der Waals surface area contributed by atoms with Crippen LogP contribution < -0.4 is 5.73 Å². The van der Waals surface area contributed by atoms with E-state index in [0.717, 1.165) is 18.4 Å². The van der Waals surface area contributed by atoms with Crippen LogP contribution in [0.5, 0.6) is 0 Å². The fourth-order valence-corrected chi connectivity index (χ4v) is 1.94. The molecule has 1 fully saturated rings. The first-order valence-corrected chi connectivity index (χ1v) is 5.17. The van der Waals surface area contributed by atoms with Gasteiger partial charge in [0.25, 0.3) is 0 Å². The zero-order chi connectivity index (χ0) is 10.2. The zero-order valence-corrected chi connectivity index (χ0v) is 8.72. The summed E-state index contributed by atoms with van der Waals surface area (Å²) in [6.07, 6.45) is 3.49. The minimum Gasteiger partial charge on any atom is -0.321 e. The highest BCUT2D eigenvalue weighted by molar-refractivity contribution is 5.62. The predicted octanol–water partition coefficient (Wildman–Crippen LogP) is 3.06. The minimum absolute atomic E-state index is 0.0501. The first-order valence-electron chi connectivity index (χ1n) is 5.17. The second-order valence-electron chi connectivity index (χ2n) is 4.37. The van der Waals surface area contributed by atoms with Gasteiger partial charge in [-0.1, -0.05) is 30.4 Å². The molecule has 1 nitrogen and oxygen atoms in total. The van der Waals surface area contributed by atoms with Crippen molar-refractivity contribution in [1.29, 1.82) is 0 Å². The lowest BCUT2D eigenvalue weighted by Crippen LogP contribution is -2.43. The maximum absolute atomic E-state index is 6.26. The Bertz CT molecular complexity index is 361. The standard InChI is InChI=1S/C13H17N/c1-10(2)11-5-3-6-12(9-11)13(14)7-4-8-13/h3,5-6,9H,1,4,7-8,14H2,2H3. The van der Waals surface area contributed by atoms with Crippen LogP contribution in [0.3, 0.4) is 0 Å². The molecule has 0 unspecified atom stereocenters. The van der Waals surface area contributed by atoms with Gasteiger partial charge in [-0.05, 0) is 43.4 Å². The van der Waals surface area contributed by atoms with Crippen LogP contribution in [0.2, 0.25) is 0 Å². The van der Waals surface area contributed by atoms with E-state index in [9.17, 15) is 0 Å². The molecular weight excluding hydrogens is 170 g/mol. The van der Waals surface area contributed by atoms with E-state index >= 15 is 0 Å². The molecule has 0 aromatic heterocycles. The fourth-order valence-electron chi connectivity index (χ4n) is 1.94. The van der Waals surface area contributed by atoms with Crippen molar-refractivity contribution in [2.75, 3.05) is 0 Å². The van der Waals surface area contributed by atoms with E-state index < -0.39 is 0 Å². The van der Waals surface area contributed by atoms with Crippen LogP contribution in [0, 0.1) is 0 Å². The van der Waals surface area contributed by atoms with Crippen LogP contribution >= 0.6 is 0 Å². The third kappa shape index (κ3) is 1.48. The molecule has 0 heterocycles. The van der Waals surface area contributed by atoms with E-state index in [4.69, 9.17) is 5.73 Å². The molecule has 1 aliphatic carbocycles. The third-order valence-electron chi connectivity index (χ3n) is 3.18. The molecule has 2 rings (SSSR count). The normalized spacial score (nSPS) is 18.7. The average molecular weight is 187 g/mol. The van der Waals surface area contributed by atoms with Gasteiger partial charge in [0.05, 0.1) is 0 Å². The van der Waals surface area contributed by atoms with E-state index in [2.05, 4.69) is 30.8 Å². The summed E-state index contributed by atoms with van der Waals surface area (Å²) in [7, 11) is 0. The van der Waals surface area contributed by atoms with Gasteiger partial charge in [-0.25, -0.2) is 0 Å². The van der Waals surface area contributed by atoms with E-state index in [-0.39, 0.29) is 5.54 Å². The Hall–Kier alpha value is -1.08. The van der Waals surface area contributed by atoms with Crippen molar-refractivity contribution in [3.8, 4) is 0 Å². The highest BCUT2D eigenvalue weighted by Gasteiger charge is 2.34. The van der Waals surface area contributed by atoms with Gasteiger partial charge in [0, 0.05) is 5.54 Å². The number of allylic oxidation sites excluding steroid dienone is 1. The first-order chi connectivity index (χ1) is 6.62. The first kappa shape index (κ1) is 9.47. The molecule has 1 aromatic rings. The second-order valence-corrected chi connectivity index (χ2v) is 4.37. The molecular formula is C13H17N. The van der Waals surface area contributed by atoms with Gasteiger partial charge in [-0.3, -0.25) is 0 Å². The summed E-state index contributed by atoms with van der Waals surface area (Å²) in [5.74, 6) is 0. The Labute approximate surface area is 85.6 Å². The lowest BCUT2D eigenvalue weighted by molar-refractivity contribution is 0.253. The van der Waals surface area contributed by atoms with Crippen LogP contribution in [-0.2, 0) is 5.54 Å². The maximum Gasteiger partial charge on any atom is 0.0409 e. The monoisotopic (exact) mass is 187 g/mol. The van der Waals surface area contributed by atoms with Crippen LogP contribution in [0.1, 0.15) is 37.3 Å². The number of benzene rings is 1. The highest BCUT2D eigenvalue weighted by atomic mass is 14.8. The van der Waals surface area contributed by atoms with E-state index in [1.54, 1.807) is 0 Å². The van der Waals surface area contributed by atoms with Crippen LogP contribution in [-0.4, -0.2) is 0 Å². The second kappa shape index (κ2) is 3.25. The molecule has 0 radical (unpaired) electrons.